The number of benzene rings is 1. The molecule has 1 atom stereocenters. The van der Waals surface area contributed by atoms with Crippen LogP contribution in [-0.4, -0.2) is 4.99 Å². The molecule has 5 heteroatoms. The summed E-state index contributed by atoms with van der Waals surface area (Å²) < 4.78 is 0. The number of hydrogen-bond donors (Lipinski definition) is 2. The van der Waals surface area contributed by atoms with Gasteiger partial charge >= 0.3 is 0 Å². The third-order valence-corrected chi connectivity index (χ3v) is 2.21. The molecule has 1 aliphatic heterocycles. The fourth-order valence-corrected chi connectivity index (χ4v) is 1.51. The van der Waals surface area contributed by atoms with Gasteiger partial charge in [-0.1, -0.05) is 36.5 Å². The summed E-state index contributed by atoms with van der Waals surface area (Å²) >= 11 is 5.03. The average molecular weight is 192 g/mol. The molecule has 0 bridgehead atoms. The topological polar surface area (TPSA) is 62.8 Å². The molecule has 1 aliphatic rings. The number of nitrogens with one attached hydrogen (secondary N) is 1. The van der Waals surface area contributed by atoms with Crippen molar-refractivity contribution >= 4 is 17.2 Å². The Labute approximate surface area is 80.8 Å². The van der Waals surface area contributed by atoms with Gasteiger partial charge in [0.1, 0.15) is 0 Å². The van der Waals surface area contributed by atoms with Crippen molar-refractivity contribution in [2.45, 2.75) is 6.17 Å². The van der Waals surface area contributed by atoms with E-state index in [1.807, 2.05) is 24.3 Å². The van der Waals surface area contributed by atoms with E-state index >= 15 is 0 Å². The van der Waals surface area contributed by atoms with Gasteiger partial charge in [-0.25, -0.2) is 5.43 Å². The second-order valence-corrected chi connectivity index (χ2v) is 3.06. The molecule has 0 spiro atoms. The summed E-state index contributed by atoms with van der Waals surface area (Å²) in [5.74, 6) is 5.32. The fourth-order valence-electron chi connectivity index (χ4n) is 1.28. The van der Waals surface area contributed by atoms with E-state index in [0.717, 1.165) is 11.1 Å². The first-order valence-corrected chi connectivity index (χ1v) is 4.24. The Morgan fingerprint density at radius 1 is 1.38 bits per heavy atom. The molecule has 1 heterocycles. The molecule has 0 saturated heterocycles. The van der Waals surface area contributed by atoms with Gasteiger partial charge in [-0.3, -0.25) is 5.84 Å². The molecular weight excluding hydrogens is 184 g/mol. The number of fused-ring (bicyclic) bond motifs is 1. The van der Waals surface area contributed by atoms with E-state index in [-0.39, 0.29) is 6.17 Å². The molecule has 0 aromatic heterocycles. The molecule has 3 N–H and O–H groups in total. The van der Waals surface area contributed by atoms with Crippen LogP contribution < -0.4 is 11.3 Å². The number of hydrogen-bond acceptors (Lipinski definition) is 4. The molecule has 0 aliphatic carbocycles. The van der Waals surface area contributed by atoms with Gasteiger partial charge in [-0.2, -0.15) is 5.11 Å². The predicted molar refractivity (Wildman–Crippen MR) is 53.1 cm³/mol. The lowest BCUT2D eigenvalue weighted by molar-refractivity contribution is 0.551. The van der Waals surface area contributed by atoms with Gasteiger partial charge in [0.05, 0.1) is 0 Å². The average Bonchev–Trinajstić information content (AvgIpc) is 2.19. The van der Waals surface area contributed by atoms with Crippen LogP contribution in [0.25, 0.3) is 0 Å². The zero-order chi connectivity index (χ0) is 9.26. The van der Waals surface area contributed by atoms with E-state index in [1.165, 1.54) is 0 Å². The van der Waals surface area contributed by atoms with E-state index in [4.69, 9.17) is 18.1 Å². The molecule has 1 unspecified atom stereocenters. The van der Waals surface area contributed by atoms with Crippen LogP contribution in [0.15, 0.2) is 34.5 Å². The summed E-state index contributed by atoms with van der Waals surface area (Å²) in [6.07, 6.45) is -0.275. The monoisotopic (exact) mass is 192 g/mol. The number of nitrogens with two attached hydrogens (primary N) is 1. The summed E-state index contributed by atoms with van der Waals surface area (Å²) in [6.45, 7) is 0. The molecule has 4 nitrogen and oxygen atoms in total. The molecular formula is C8H8N4S. The van der Waals surface area contributed by atoms with Crippen molar-refractivity contribution in [2.75, 3.05) is 0 Å². The van der Waals surface area contributed by atoms with Gasteiger partial charge in [-0.15, -0.1) is 5.11 Å². The Bertz CT molecular complexity index is 374. The normalized spacial score (nSPS) is 20.1. The van der Waals surface area contributed by atoms with Crippen molar-refractivity contribution < 1.29 is 0 Å². The minimum atomic E-state index is -0.275. The Balaban J connectivity index is 2.54. The first-order chi connectivity index (χ1) is 6.33. The molecule has 0 fully saturated rings. The lowest BCUT2D eigenvalue weighted by atomic mass is 10.0. The zero-order valence-corrected chi connectivity index (χ0v) is 7.58. The first kappa shape index (κ1) is 8.43. The van der Waals surface area contributed by atoms with Crippen LogP contribution in [-0.2, 0) is 0 Å². The van der Waals surface area contributed by atoms with Crippen LogP contribution in [0.3, 0.4) is 0 Å². The Kier molecular flexibility index (Phi) is 2.13. The second kappa shape index (κ2) is 3.29. The van der Waals surface area contributed by atoms with Crippen molar-refractivity contribution in [2.24, 2.45) is 16.1 Å². The molecule has 2 rings (SSSR count). The molecule has 1 aromatic carbocycles. The molecule has 0 amide bonds. The summed E-state index contributed by atoms with van der Waals surface area (Å²) in [5, 5.41) is 7.76. The number of hydrazine groups is 1. The molecule has 0 radical (unpaired) electrons. The Hall–Kier alpha value is -1.17. The number of nitrogens with zero attached hydrogens (tertiary/aromatic N) is 2. The number of thiocarbonyl (C=S) groups is 1. The van der Waals surface area contributed by atoms with Crippen molar-refractivity contribution in [3.05, 3.63) is 35.4 Å². The standard InChI is InChI=1S/C8H8N4S/c9-10-7-5-3-1-2-4-6(5)8(13)12-11-7/h1-4,7,10H,9H2. The summed E-state index contributed by atoms with van der Waals surface area (Å²) in [4.78, 5) is 0.516. The quantitative estimate of drug-likeness (QED) is 0.400. The Morgan fingerprint density at radius 3 is 2.92 bits per heavy atom. The van der Waals surface area contributed by atoms with Crippen LogP contribution in [0.2, 0.25) is 0 Å². The van der Waals surface area contributed by atoms with Gasteiger partial charge in [0.15, 0.2) is 11.2 Å². The van der Waals surface area contributed by atoms with E-state index in [0.29, 0.717) is 4.99 Å². The van der Waals surface area contributed by atoms with Crippen molar-refractivity contribution in [3.63, 3.8) is 0 Å². The highest BCUT2D eigenvalue weighted by Gasteiger charge is 2.19. The van der Waals surface area contributed by atoms with Crippen molar-refractivity contribution in [3.8, 4) is 0 Å². The predicted octanol–water partition coefficient (Wildman–Crippen LogP) is 1.29. The highest BCUT2D eigenvalue weighted by atomic mass is 32.1. The van der Waals surface area contributed by atoms with Crippen LogP contribution >= 0.6 is 12.2 Å². The summed E-state index contributed by atoms with van der Waals surface area (Å²) in [5.41, 5.74) is 4.46. The number of rotatable bonds is 1. The summed E-state index contributed by atoms with van der Waals surface area (Å²) in [6, 6.07) is 7.69. The Morgan fingerprint density at radius 2 is 2.15 bits per heavy atom. The molecule has 66 valence electrons. The van der Waals surface area contributed by atoms with Crippen LogP contribution in [0.4, 0.5) is 0 Å². The lowest BCUT2D eigenvalue weighted by Crippen LogP contribution is -2.29. The van der Waals surface area contributed by atoms with Gasteiger partial charge in [0, 0.05) is 11.1 Å². The van der Waals surface area contributed by atoms with Crippen molar-refractivity contribution in [1.29, 1.82) is 0 Å². The maximum atomic E-state index is 5.32. The highest BCUT2D eigenvalue weighted by Crippen LogP contribution is 2.24. The summed E-state index contributed by atoms with van der Waals surface area (Å²) in [7, 11) is 0. The minimum Gasteiger partial charge on any atom is -0.269 e. The maximum Gasteiger partial charge on any atom is 0.159 e. The highest BCUT2D eigenvalue weighted by molar-refractivity contribution is 7.80. The van der Waals surface area contributed by atoms with Crippen LogP contribution in [0.5, 0.6) is 0 Å². The zero-order valence-electron chi connectivity index (χ0n) is 6.77. The van der Waals surface area contributed by atoms with Crippen molar-refractivity contribution in [1.82, 2.24) is 5.43 Å². The van der Waals surface area contributed by atoms with E-state index < -0.39 is 0 Å². The van der Waals surface area contributed by atoms with Crippen LogP contribution in [0.1, 0.15) is 17.3 Å². The minimum absolute atomic E-state index is 0.275. The van der Waals surface area contributed by atoms with E-state index in [1.54, 1.807) is 0 Å². The molecule has 0 saturated carbocycles. The van der Waals surface area contributed by atoms with Gasteiger partial charge < -0.3 is 0 Å². The largest absolute Gasteiger partial charge is 0.269 e. The smallest absolute Gasteiger partial charge is 0.159 e. The van der Waals surface area contributed by atoms with E-state index in [9.17, 15) is 0 Å². The van der Waals surface area contributed by atoms with E-state index in [2.05, 4.69) is 15.7 Å². The fraction of sp³-hybridized carbons (Fsp3) is 0.125. The van der Waals surface area contributed by atoms with Gasteiger partial charge in [0.2, 0.25) is 0 Å². The molecule has 1 aromatic rings. The third-order valence-electron chi connectivity index (χ3n) is 1.91. The van der Waals surface area contributed by atoms with Crippen LogP contribution in [0, 0.1) is 0 Å². The first-order valence-electron chi connectivity index (χ1n) is 3.83. The SMILES string of the molecule is NNC1N=NC(=S)c2ccccc21. The lowest BCUT2D eigenvalue weighted by Gasteiger charge is -2.17. The maximum absolute atomic E-state index is 5.32. The van der Waals surface area contributed by atoms with Gasteiger partial charge in [-0.05, 0) is 0 Å². The number of azo groups is 1. The third kappa shape index (κ3) is 1.37. The second-order valence-electron chi connectivity index (χ2n) is 2.68. The molecule has 13 heavy (non-hydrogen) atoms. The van der Waals surface area contributed by atoms with Gasteiger partial charge in [0.25, 0.3) is 0 Å².